The molecule has 17 heavy (non-hydrogen) atoms. The van der Waals surface area contributed by atoms with E-state index in [1.807, 2.05) is 6.92 Å². The number of aliphatic imine (C=N–C) groups is 1. The molecule has 0 N–H and O–H groups in total. The minimum atomic E-state index is -0.642. The Kier molecular flexibility index (Phi) is 3.08. The van der Waals surface area contributed by atoms with Crippen LogP contribution in [0.1, 0.15) is 6.92 Å². The second kappa shape index (κ2) is 4.69. The fraction of sp³-hybridized carbons (Fsp3) is 0.200. The SMILES string of the molecule is C=Nc1nc(Oc2ccnn2CC)ncc1F. The van der Waals surface area contributed by atoms with Gasteiger partial charge in [-0.25, -0.2) is 19.0 Å². The highest BCUT2D eigenvalue weighted by molar-refractivity contribution is 5.40. The van der Waals surface area contributed by atoms with Gasteiger partial charge in [0, 0.05) is 12.6 Å². The van der Waals surface area contributed by atoms with Crippen LogP contribution < -0.4 is 4.74 Å². The third kappa shape index (κ3) is 2.27. The van der Waals surface area contributed by atoms with Crippen LogP contribution >= 0.6 is 0 Å². The van der Waals surface area contributed by atoms with E-state index in [-0.39, 0.29) is 11.8 Å². The molecule has 0 atom stereocenters. The first-order valence-electron chi connectivity index (χ1n) is 4.93. The lowest BCUT2D eigenvalue weighted by Gasteiger charge is -2.05. The van der Waals surface area contributed by atoms with E-state index in [0.717, 1.165) is 6.20 Å². The van der Waals surface area contributed by atoms with Crippen LogP contribution in [0.2, 0.25) is 0 Å². The molecule has 0 fully saturated rings. The lowest BCUT2D eigenvalue weighted by atomic mass is 10.5. The van der Waals surface area contributed by atoms with Crippen molar-refractivity contribution in [2.75, 3.05) is 0 Å². The van der Waals surface area contributed by atoms with Gasteiger partial charge in [-0.05, 0) is 13.6 Å². The summed E-state index contributed by atoms with van der Waals surface area (Å²) >= 11 is 0. The first-order chi connectivity index (χ1) is 8.24. The zero-order valence-corrected chi connectivity index (χ0v) is 9.17. The summed E-state index contributed by atoms with van der Waals surface area (Å²) in [7, 11) is 0. The molecule has 0 bridgehead atoms. The summed E-state index contributed by atoms with van der Waals surface area (Å²) in [6, 6.07) is 1.67. The second-order valence-electron chi connectivity index (χ2n) is 3.07. The normalized spacial score (nSPS) is 10.2. The highest BCUT2D eigenvalue weighted by Crippen LogP contribution is 2.20. The fourth-order valence-corrected chi connectivity index (χ4v) is 1.24. The van der Waals surface area contributed by atoms with Crippen LogP contribution in [0.15, 0.2) is 23.5 Å². The zero-order valence-electron chi connectivity index (χ0n) is 9.17. The maximum atomic E-state index is 13.1. The minimum absolute atomic E-state index is 0.00370. The van der Waals surface area contributed by atoms with E-state index >= 15 is 0 Å². The summed E-state index contributed by atoms with van der Waals surface area (Å²) < 4.78 is 20.0. The number of aromatic nitrogens is 4. The molecule has 0 aromatic carbocycles. The van der Waals surface area contributed by atoms with Gasteiger partial charge in [0.15, 0.2) is 11.6 Å². The van der Waals surface area contributed by atoms with E-state index in [2.05, 4.69) is 26.8 Å². The maximum absolute atomic E-state index is 13.1. The predicted molar refractivity (Wildman–Crippen MR) is 59.2 cm³/mol. The Morgan fingerprint density at radius 1 is 1.59 bits per heavy atom. The number of hydrogen-bond donors (Lipinski definition) is 0. The van der Waals surface area contributed by atoms with Crippen molar-refractivity contribution in [2.45, 2.75) is 13.5 Å². The number of hydrogen-bond acceptors (Lipinski definition) is 5. The molecule has 7 heteroatoms. The summed E-state index contributed by atoms with van der Waals surface area (Å²) in [6.45, 7) is 5.78. The Balaban J connectivity index is 2.27. The van der Waals surface area contributed by atoms with E-state index in [1.165, 1.54) is 0 Å². The van der Waals surface area contributed by atoms with Gasteiger partial charge in [0.05, 0.1) is 12.4 Å². The molecular formula is C10H10FN5O. The Morgan fingerprint density at radius 2 is 2.41 bits per heavy atom. The number of halogens is 1. The zero-order chi connectivity index (χ0) is 12.3. The third-order valence-electron chi connectivity index (χ3n) is 2.03. The number of rotatable bonds is 4. The number of aryl methyl sites for hydroxylation is 1. The average molecular weight is 235 g/mol. The summed E-state index contributed by atoms with van der Waals surface area (Å²) in [5.74, 6) is -0.303. The van der Waals surface area contributed by atoms with Gasteiger partial charge in [0.1, 0.15) is 0 Å². The van der Waals surface area contributed by atoms with Gasteiger partial charge >= 0.3 is 6.01 Å². The maximum Gasteiger partial charge on any atom is 0.325 e. The minimum Gasteiger partial charge on any atom is -0.405 e. The number of ether oxygens (including phenoxy) is 1. The van der Waals surface area contributed by atoms with E-state index in [0.29, 0.717) is 12.4 Å². The van der Waals surface area contributed by atoms with Crippen LogP contribution in [0.25, 0.3) is 0 Å². The second-order valence-corrected chi connectivity index (χ2v) is 3.07. The first kappa shape index (κ1) is 11.2. The molecule has 0 aliphatic carbocycles. The van der Waals surface area contributed by atoms with Crippen molar-refractivity contribution in [3.8, 4) is 11.9 Å². The first-order valence-corrected chi connectivity index (χ1v) is 4.93. The molecule has 0 radical (unpaired) electrons. The van der Waals surface area contributed by atoms with Gasteiger partial charge in [-0.15, -0.1) is 0 Å². The van der Waals surface area contributed by atoms with Crippen LogP contribution in [0.5, 0.6) is 11.9 Å². The van der Waals surface area contributed by atoms with E-state index < -0.39 is 5.82 Å². The molecule has 2 rings (SSSR count). The summed E-state index contributed by atoms with van der Waals surface area (Å²) in [5, 5.41) is 4.02. The smallest absolute Gasteiger partial charge is 0.325 e. The average Bonchev–Trinajstić information content (AvgIpc) is 2.79. The topological polar surface area (TPSA) is 65.2 Å². The Labute approximate surface area is 96.8 Å². The molecule has 2 aromatic heterocycles. The molecule has 88 valence electrons. The molecule has 2 heterocycles. The van der Waals surface area contributed by atoms with Gasteiger partial charge in [-0.3, -0.25) is 0 Å². The third-order valence-corrected chi connectivity index (χ3v) is 2.03. The molecular weight excluding hydrogens is 225 g/mol. The van der Waals surface area contributed by atoms with Crippen LogP contribution in [-0.2, 0) is 6.54 Å². The van der Waals surface area contributed by atoms with Crippen molar-refractivity contribution in [2.24, 2.45) is 4.99 Å². The number of nitrogens with zero attached hydrogens (tertiary/aromatic N) is 5. The largest absolute Gasteiger partial charge is 0.405 e. The summed E-state index contributed by atoms with van der Waals surface area (Å²) in [4.78, 5) is 10.9. The van der Waals surface area contributed by atoms with Crippen molar-refractivity contribution in [3.63, 3.8) is 0 Å². The van der Waals surface area contributed by atoms with Gasteiger partial charge in [-0.2, -0.15) is 10.1 Å². The van der Waals surface area contributed by atoms with Crippen LogP contribution in [0.3, 0.4) is 0 Å². The van der Waals surface area contributed by atoms with Crippen LogP contribution in [0.4, 0.5) is 10.2 Å². The lowest BCUT2D eigenvalue weighted by Crippen LogP contribution is -2.01. The molecule has 0 amide bonds. The van der Waals surface area contributed by atoms with E-state index in [4.69, 9.17) is 4.74 Å². The fourth-order valence-electron chi connectivity index (χ4n) is 1.24. The predicted octanol–water partition coefficient (Wildman–Crippen LogP) is 1.96. The van der Waals surface area contributed by atoms with Gasteiger partial charge in [0.2, 0.25) is 5.88 Å². The van der Waals surface area contributed by atoms with Crippen molar-refractivity contribution < 1.29 is 9.13 Å². The van der Waals surface area contributed by atoms with Gasteiger partial charge < -0.3 is 4.74 Å². The molecule has 0 aliphatic rings. The highest BCUT2D eigenvalue weighted by atomic mass is 19.1. The van der Waals surface area contributed by atoms with Crippen molar-refractivity contribution in [1.29, 1.82) is 0 Å². The van der Waals surface area contributed by atoms with E-state index in [1.54, 1.807) is 16.9 Å². The standard InChI is InChI=1S/C10H10FN5O/c1-3-16-8(4-5-14-16)17-10-13-6-7(11)9(12-2)15-10/h4-6H,2-3H2,1H3. The van der Waals surface area contributed by atoms with E-state index in [9.17, 15) is 4.39 Å². The quantitative estimate of drug-likeness (QED) is 0.760. The molecule has 0 saturated carbocycles. The summed E-state index contributed by atoms with van der Waals surface area (Å²) in [5.41, 5.74) is 0. The van der Waals surface area contributed by atoms with Gasteiger partial charge in [0.25, 0.3) is 0 Å². The van der Waals surface area contributed by atoms with Crippen LogP contribution in [-0.4, -0.2) is 26.5 Å². The molecule has 0 unspecified atom stereocenters. The molecule has 0 saturated heterocycles. The molecule has 0 aliphatic heterocycles. The summed E-state index contributed by atoms with van der Waals surface area (Å²) in [6.07, 6.45) is 2.58. The van der Waals surface area contributed by atoms with Crippen molar-refractivity contribution in [1.82, 2.24) is 19.7 Å². The Hall–Kier alpha value is -2.31. The van der Waals surface area contributed by atoms with Crippen molar-refractivity contribution >= 4 is 12.5 Å². The van der Waals surface area contributed by atoms with Gasteiger partial charge in [-0.1, -0.05) is 0 Å². The Bertz CT molecular complexity index is 539. The highest BCUT2D eigenvalue weighted by Gasteiger charge is 2.09. The van der Waals surface area contributed by atoms with Crippen LogP contribution in [0, 0.1) is 5.82 Å². The molecule has 2 aromatic rings. The Morgan fingerprint density at radius 3 is 3.12 bits per heavy atom. The lowest BCUT2D eigenvalue weighted by molar-refractivity contribution is 0.386. The monoisotopic (exact) mass is 235 g/mol. The molecule has 6 nitrogen and oxygen atoms in total. The molecule has 0 spiro atoms. The van der Waals surface area contributed by atoms with Crippen molar-refractivity contribution in [3.05, 3.63) is 24.3 Å².